The van der Waals surface area contributed by atoms with Crippen molar-refractivity contribution in [2.75, 3.05) is 12.4 Å². The van der Waals surface area contributed by atoms with Crippen molar-refractivity contribution < 1.29 is 0 Å². The predicted molar refractivity (Wildman–Crippen MR) is 94.0 cm³/mol. The number of nitrogens with one attached hydrogen (secondary N) is 1. The molecule has 6 nitrogen and oxygen atoms in total. The van der Waals surface area contributed by atoms with Crippen LogP contribution in [0.25, 0.3) is 11.3 Å². The van der Waals surface area contributed by atoms with Crippen molar-refractivity contribution in [3.05, 3.63) is 70.3 Å². The van der Waals surface area contributed by atoms with Gasteiger partial charge in [-0.3, -0.25) is 4.79 Å². The molecular weight excluding hydrogens is 302 g/mol. The van der Waals surface area contributed by atoms with Crippen molar-refractivity contribution in [2.45, 2.75) is 19.9 Å². The lowest BCUT2D eigenvalue weighted by molar-refractivity contribution is 0.642. The predicted octanol–water partition coefficient (Wildman–Crippen LogP) is 2.35. The third kappa shape index (κ3) is 3.48. The number of aromatic nitrogens is 4. The van der Waals surface area contributed by atoms with E-state index in [1.807, 2.05) is 12.1 Å². The fourth-order valence-electron chi connectivity index (χ4n) is 2.36. The molecule has 2 heterocycles. The Balaban J connectivity index is 1.88. The van der Waals surface area contributed by atoms with E-state index in [-0.39, 0.29) is 5.56 Å². The normalized spacial score (nSPS) is 10.6. The standard InChI is InChI=1S/C18H19N5O/c1-3-13-4-6-14(7-5-13)12-23-17(24)9-8-16(22-23)15-10-20-18(19-2)21-11-15/h4-11H,3,12H2,1-2H3,(H,19,20,21). The molecule has 2 aromatic heterocycles. The molecule has 0 fully saturated rings. The van der Waals surface area contributed by atoms with Gasteiger partial charge in [0.2, 0.25) is 5.95 Å². The quantitative estimate of drug-likeness (QED) is 0.781. The Morgan fingerprint density at radius 3 is 2.29 bits per heavy atom. The molecule has 0 bridgehead atoms. The Hall–Kier alpha value is -3.02. The maximum atomic E-state index is 12.1. The number of rotatable bonds is 5. The molecule has 0 spiro atoms. The van der Waals surface area contributed by atoms with Gasteiger partial charge < -0.3 is 5.32 Å². The van der Waals surface area contributed by atoms with Crippen molar-refractivity contribution in [1.29, 1.82) is 0 Å². The molecule has 6 heteroatoms. The van der Waals surface area contributed by atoms with Crippen LogP contribution in [0.4, 0.5) is 5.95 Å². The van der Waals surface area contributed by atoms with Gasteiger partial charge in [-0.05, 0) is 23.6 Å². The highest BCUT2D eigenvalue weighted by Crippen LogP contribution is 2.14. The summed E-state index contributed by atoms with van der Waals surface area (Å²) < 4.78 is 1.46. The topological polar surface area (TPSA) is 72.7 Å². The SMILES string of the molecule is CCc1ccc(Cn2nc(-c3cnc(NC)nc3)ccc2=O)cc1. The van der Waals surface area contributed by atoms with Crippen LogP contribution in [-0.4, -0.2) is 26.8 Å². The minimum absolute atomic E-state index is 0.133. The Labute approximate surface area is 140 Å². The van der Waals surface area contributed by atoms with Crippen LogP contribution in [-0.2, 0) is 13.0 Å². The van der Waals surface area contributed by atoms with E-state index in [4.69, 9.17) is 0 Å². The molecule has 3 rings (SSSR count). The summed E-state index contributed by atoms with van der Waals surface area (Å²) in [6, 6.07) is 11.4. The van der Waals surface area contributed by atoms with Gasteiger partial charge in [0.05, 0.1) is 12.2 Å². The second-order valence-electron chi connectivity index (χ2n) is 5.43. The van der Waals surface area contributed by atoms with Crippen LogP contribution in [0.5, 0.6) is 0 Å². The fourth-order valence-corrected chi connectivity index (χ4v) is 2.36. The van der Waals surface area contributed by atoms with Gasteiger partial charge in [0.15, 0.2) is 0 Å². The Bertz CT molecular complexity index is 869. The molecule has 0 amide bonds. The first-order valence-corrected chi connectivity index (χ1v) is 7.85. The highest BCUT2D eigenvalue weighted by molar-refractivity contribution is 5.56. The zero-order valence-electron chi connectivity index (χ0n) is 13.7. The van der Waals surface area contributed by atoms with Crippen molar-refractivity contribution in [3.8, 4) is 11.3 Å². The minimum Gasteiger partial charge on any atom is -0.357 e. The molecule has 1 aromatic carbocycles. The average molecular weight is 321 g/mol. The van der Waals surface area contributed by atoms with E-state index >= 15 is 0 Å². The molecule has 0 unspecified atom stereocenters. The average Bonchev–Trinajstić information content (AvgIpc) is 2.64. The van der Waals surface area contributed by atoms with Gasteiger partial charge in [-0.2, -0.15) is 5.10 Å². The minimum atomic E-state index is -0.133. The summed E-state index contributed by atoms with van der Waals surface area (Å²) in [5.74, 6) is 0.545. The zero-order chi connectivity index (χ0) is 16.9. The lowest BCUT2D eigenvalue weighted by atomic mass is 10.1. The first-order valence-electron chi connectivity index (χ1n) is 7.85. The number of aryl methyl sites for hydroxylation is 1. The van der Waals surface area contributed by atoms with E-state index in [9.17, 15) is 4.79 Å². The van der Waals surface area contributed by atoms with E-state index in [2.05, 4.69) is 39.4 Å². The van der Waals surface area contributed by atoms with Crippen LogP contribution < -0.4 is 10.9 Å². The number of hydrogen-bond acceptors (Lipinski definition) is 5. The molecule has 0 saturated carbocycles. The summed E-state index contributed by atoms with van der Waals surface area (Å²) in [5, 5.41) is 7.31. The Morgan fingerprint density at radius 1 is 1.00 bits per heavy atom. The van der Waals surface area contributed by atoms with Crippen LogP contribution in [0.15, 0.2) is 53.6 Å². The molecule has 0 saturated heterocycles. The van der Waals surface area contributed by atoms with Gasteiger partial charge in [0.25, 0.3) is 5.56 Å². The molecule has 0 aliphatic carbocycles. The summed E-state index contributed by atoms with van der Waals surface area (Å²) in [6.45, 7) is 2.55. The lowest BCUT2D eigenvalue weighted by Gasteiger charge is -2.08. The number of hydrogen-bond donors (Lipinski definition) is 1. The van der Waals surface area contributed by atoms with Gasteiger partial charge in [-0.15, -0.1) is 0 Å². The maximum Gasteiger partial charge on any atom is 0.267 e. The van der Waals surface area contributed by atoms with Crippen molar-refractivity contribution in [3.63, 3.8) is 0 Å². The summed E-state index contributed by atoms with van der Waals surface area (Å²) in [4.78, 5) is 20.4. The van der Waals surface area contributed by atoms with E-state index in [1.54, 1.807) is 25.5 Å². The van der Waals surface area contributed by atoms with Crippen LogP contribution in [0, 0.1) is 0 Å². The third-order valence-corrected chi connectivity index (χ3v) is 3.80. The highest BCUT2D eigenvalue weighted by atomic mass is 16.1. The van der Waals surface area contributed by atoms with Crippen LogP contribution in [0.2, 0.25) is 0 Å². The molecular formula is C18H19N5O. The van der Waals surface area contributed by atoms with Gasteiger partial charge >= 0.3 is 0 Å². The smallest absolute Gasteiger partial charge is 0.267 e. The maximum absolute atomic E-state index is 12.1. The second-order valence-corrected chi connectivity index (χ2v) is 5.43. The Kier molecular flexibility index (Phi) is 4.65. The molecule has 3 aromatic rings. The molecule has 122 valence electrons. The highest BCUT2D eigenvalue weighted by Gasteiger charge is 2.06. The van der Waals surface area contributed by atoms with Gasteiger partial charge in [-0.1, -0.05) is 31.2 Å². The molecule has 1 N–H and O–H groups in total. The van der Waals surface area contributed by atoms with E-state index in [1.165, 1.54) is 16.3 Å². The van der Waals surface area contributed by atoms with Crippen LogP contribution in [0.1, 0.15) is 18.1 Å². The van der Waals surface area contributed by atoms with Gasteiger partial charge in [0.1, 0.15) is 0 Å². The van der Waals surface area contributed by atoms with Crippen LogP contribution >= 0.6 is 0 Å². The van der Waals surface area contributed by atoms with E-state index in [0.717, 1.165) is 17.5 Å². The van der Waals surface area contributed by atoms with Crippen molar-refractivity contribution in [2.24, 2.45) is 0 Å². The second kappa shape index (κ2) is 7.04. The van der Waals surface area contributed by atoms with E-state index in [0.29, 0.717) is 18.2 Å². The summed E-state index contributed by atoms with van der Waals surface area (Å²) in [6.07, 6.45) is 4.37. The van der Waals surface area contributed by atoms with Crippen LogP contribution in [0.3, 0.4) is 0 Å². The van der Waals surface area contributed by atoms with Crippen molar-refractivity contribution >= 4 is 5.95 Å². The largest absolute Gasteiger partial charge is 0.357 e. The first kappa shape index (κ1) is 15.9. The van der Waals surface area contributed by atoms with Crippen molar-refractivity contribution in [1.82, 2.24) is 19.7 Å². The summed E-state index contributed by atoms with van der Waals surface area (Å²) in [7, 11) is 1.76. The lowest BCUT2D eigenvalue weighted by Crippen LogP contribution is -2.22. The molecule has 0 aliphatic heterocycles. The zero-order valence-corrected chi connectivity index (χ0v) is 13.7. The van der Waals surface area contributed by atoms with Gasteiger partial charge in [-0.25, -0.2) is 14.6 Å². The number of nitrogens with zero attached hydrogens (tertiary/aromatic N) is 4. The fraction of sp³-hybridized carbons (Fsp3) is 0.222. The molecule has 0 aliphatic rings. The molecule has 0 atom stereocenters. The van der Waals surface area contributed by atoms with E-state index < -0.39 is 0 Å². The molecule has 24 heavy (non-hydrogen) atoms. The number of benzene rings is 1. The summed E-state index contributed by atoms with van der Waals surface area (Å²) in [5.41, 5.74) is 3.62. The van der Waals surface area contributed by atoms with Gasteiger partial charge in [0, 0.05) is 31.1 Å². The Morgan fingerprint density at radius 2 is 1.67 bits per heavy atom. The summed E-state index contributed by atoms with van der Waals surface area (Å²) >= 11 is 0. The third-order valence-electron chi connectivity index (χ3n) is 3.80. The number of anilines is 1. The first-order chi connectivity index (χ1) is 11.7. The molecule has 0 radical (unpaired) electrons. The monoisotopic (exact) mass is 321 g/mol.